The highest BCUT2D eigenvalue weighted by molar-refractivity contribution is 6.00. The van der Waals surface area contributed by atoms with Crippen LogP contribution >= 0.6 is 0 Å². The second-order valence-corrected chi connectivity index (χ2v) is 3.29. The maximum absolute atomic E-state index is 11.2. The molecule has 0 radical (unpaired) electrons. The minimum Gasteiger partial charge on any atom is -0.478 e. The van der Waals surface area contributed by atoms with Gasteiger partial charge in [0.25, 0.3) is 0 Å². The molecule has 1 aliphatic rings. The van der Waals surface area contributed by atoms with Crippen LogP contribution in [0, 0.1) is 0 Å². The largest absolute Gasteiger partial charge is 0.478 e. The Balaban J connectivity index is 2.39. The van der Waals surface area contributed by atoms with Crippen molar-refractivity contribution in [1.82, 2.24) is 10.6 Å². The molecular weight excluding hydrogens is 200 g/mol. The average Bonchev–Trinajstić information content (AvgIpc) is 2.15. The molecule has 1 aliphatic heterocycles. The third-order valence-corrected chi connectivity index (χ3v) is 2.10. The molecule has 1 fully saturated rings. The summed E-state index contributed by atoms with van der Waals surface area (Å²) < 4.78 is 0. The number of hydrogen-bond donors (Lipinski definition) is 3. The first-order chi connectivity index (χ1) is 7.00. The van der Waals surface area contributed by atoms with E-state index in [4.69, 9.17) is 5.11 Å². The van der Waals surface area contributed by atoms with Gasteiger partial charge in [0.05, 0.1) is 6.04 Å². The molecule has 0 aromatic carbocycles. The maximum Gasteiger partial charge on any atom is 0.332 e. The zero-order chi connectivity index (χ0) is 11.4. The van der Waals surface area contributed by atoms with Gasteiger partial charge < -0.3 is 10.4 Å². The van der Waals surface area contributed by atoms with Crippen molar-refractivity contribution in [3.05, 3.63) is 12.2 Å². The SMILES string of the molecule is C=C(CNC1CCC(=O)NC1=O)C(=O)O. The maximum atomic E-state index is 11.2. The molecule has 82 valence electrons. The molecule has 0 bridgehead atoms. The fourth-order valence-electron chi connectivity index (χ4n) is 1.21. The summed E-state index contributed by atoms with van der Waals surface area (Å²) in [6.07, 6.45) is 0.653. The van der Waals surface area contributed by atoms with Gasteiger partial charge in [-0.05, 0) is 6.42 Å². The lowest BCUT2D eigenvalue weighted by atomic mass is 10.1. The topological polar surface area (TPSA) is 95.5 Å². The molecule has 1 saturated heterocycles. The van der Waals surface area contributed by atoms with Crippen molar-refractivity contribution < 1.29 is 19.5 Å². The first-order valence-corrected chi connectivity index (χ1v) is 4.49. The summed E-state index contributed by atoms with van der Waals surface area (Å²) >= 11 is 0. The van der Waals surface area contributed by atoms with Crippen LogP contribution in [-0.2, 0) is 14.4 Å². The standard InChI is InChI=1S/C9H12N2O4/c1-5(9(14)15)4-10-6-2-3-7(12)11-8(6)13/h6,10H,1-4H2,(H,14,15)(H,11,12,13). The summed E-state index contributed by atoms with van der Waals surface area (Å²) in [6.45, 7) is 3.35. The summed E-state index contributed by atoms with van der Waals surface area (Å²) in [6, 6.07) is -0.515. The highest BCUT2D eigenvalue weighted by atomic mass is 16.4. The van der Waals surface area contributed by atoms with E-state index in [2.05, 4.69) is 17.2 Å². The smallest absolute Gasteiger partial charge is 0.332 e. The van der Waals surface area contributed by atoms with Gasteiger partial charge in [0.15, 0.2) is 0 Å². The van der Waals surface area contributed by atoms with Crippen LogP contribution in [0.15, 0.2) is 12.2 Å². The molecule has 2 amide bonds. The van der Waals surface area contributed by atoms with Gasteiger partial charge in [-0.15, -0.1) is 0 Å². The van der Waals surface area contributed by atoms with Gasteiger partial charge in [0, 0.05) is 18.5 Å². The summed E-state index contributed by atoms with van der Waals surface area (Å²) in [4.78, 5) is 32.4. The van der Waals surface area contributed by atoms with Crippen LogP contribution in [0.2, 0.25) is 0 Å². The lowest BCUT2D eigenvalue weighted by Gasteiger charge is -2.21. The molecule has 15 heavy (non-hydrogen) atoms. The number of hydrogen-bond acceptors (Lipinski definition) is 4. The number of rotatable bonds is 4. The van der Waals surface area contributed by atoms with E-state index in [1.807, 2.05) is 0 Å². The summed E-state index contributed by atoms with van der Waals surface area (Å²) in [5.74, 6) is -1.81. The Labute approximate surface area is 86.3 Å². The number of amides is 2. The Morgan fingerprint density at radius 1 is 1.60 bits per heavy atom. The average molecular weight is 212 g/mol. The van der Waals surface area contributed by atoms with E-state index in [0.29, 0.717) is 6.42 Å². The van der Waals surface area contributed by atoms with Crippen molar-refractivity contribution in [2.24, 2.45) is 0 Å². The Bertz CT molecular complexity index is 324. The van der Waals surface area contributed by atoms with Crippen LogP contribution in [0.3, 0.4) is 0 Å². The Morgan fingerprint density at radius 3 is 2.80 bits per heavy atom. The molecule has 1 heterocycles. The number of aliphatic carboxylic acids is 1. The number of nitrogens with one attached hydrogen (secondary N) is 2. The first-order valence-electron chi connectivity index (χ1n) is 4.49. The predicted octanol–water partition coefficient (Wildman–Crippen LogP) is -0.978. The molecule has 6 nitrogen and oxygen atoms in total. The first kappa shape index (κ1) is 11.4. The van der Waals surface area contributed by atoms with E-state index >= 15 is 0 Å². The van der Waals surface area contributed by atoms with Gasteiger partial charge in [-0.3, -0.25) is 14.9 Å². The lowest BCUT2D eigenvalue weighted by Crippen LogP contribution is -2.51. The third kappa shape index (κ3) is 3.17. The zero-order valence-electron chi connectivity index (χ0n) is 8.08. The molecule has 3 N–H and O–H groups in total. The van der Waals surface area contributed by atoms with Crippen LogP contribution in [0.25, 0.3) is 0 Å². The molecule has 0 spiro atoms. The number of piperidine rings is 1. The molecule has 1 atom stereocenters. The Hall–Kier alpha value is -1.69. The molecule has 0 aromatic heterocycles. The Morgan fingerprint density at radius 2 is 2.27 bits per heavy atom. The molecule has 1 rings (SSSR count). The zero-order valence-corrected chi connectivity index (χ0v) is 8.08. The normalized spacial score (nSPS) is 20.9. The minimum absolute atomic E-state index is 0.0142. The van der Waals surface area contributed by atoms with Crippen LogP contribution in [0.5, 0.6) is 0 Å². The van der Waals surface area contributed by atoms with Crippen LogP contribution in [0.4, 0.5) is 0 Å². The quantitative estimate of drug-likeness (QED) is 0.411. The van der Waals surface area contributed by atoms with E-state index in [1.54, 1.807) is 0 Å². The highest BCUT2D eigenvalue weighted by Crippen LogP contribution is 2.04. The van der Waals surface area contributed by atoms with Gasteiger partial charge in [0.2, 0.25) is 11.8 Å². The molecule has 6 heteroatoms. The van der Waals surface area contributed by atoms with Crippen molar-refractivity contribution >= 4 is 17.8 Å². The lowest BCUT2D eigenvalue weighted by molar-refractivity contribution is -0.136. The Kier molecular flexibility index (Phi) is 3.56. The van der Waals surface area contributed by atoms with Crippen LogP contribution < -0.4 is 10.6 Å². The van der Waals surface area contributed by atoms with Gasteiger partial charge in [-0.2, -0.15) is 0 Å². The van der Waals surface area contributed by atoms with E-state index in [0.717, 1.165) is 0 Å². The van der Waals surface area contributed by atoms with Crippen molar-refractivity contribution in [3.63, 3.8) is 0 Å². The molecule has 1 unspecified atom stereocenters. The highest BCUT2D eigenvalue weighted by Gasteiger charge is 2.26. The second-order valence-electron chi connectivity index (χ2n) is 3.29. The minimum atomic E-state index is -1.10. The van der Waals surface area contributed by atoms with Crippen molar-refractivity contribution in [2.75, 3.05) is 6.54 Å². The second kappa shape index (κ2) is 4.70. The van der Waals surface area contributed by atoms with Gasteiger partial charge in [0.1, 0.15) is 0 Å². The number of carboxylic acid groups (broad SMARTS) is 1. The summed E-state index contributed by atoms with van der Waals surface area (Å²) in [5.41, 5.74) is -0.0142. The van der Waals surface area contributed by atoms with Crippen molar-refractivity contribution in [3.8, 4) is 0 Å². The van der Waals surface area contributed by atoms with E-state index in [-0.39, 0.29) is 24.4 Å². The summed E-state index contributed by atoms with van der Waals surface area (Å²) in [7, 11) is 0. The predicted molar refractivity (Wildman–Crippen MR) is 51.0 cm³/mol. The van der Waals surface area contributed by atoms with Crippen LogP contribution in [0.1, 0.15) is 12.8 Å². The number of carboxylic acids is 1. The van der Waals surface area contributed by atoms with Gasteiger partial charge >= 0.3 is 5.97 Å². The fraction of sp³-hybridized carbons (Fsp3) is 0.444. The molecule has 0 aromatic rings. The molecule has 0 saturated carbocycles. The fourth-order valence-corrected chi connectivity index (χ4v) is 1.21. The van der Waals surface area contributed by atoms with E-state index < -0.39 is 17.9 Å². The van der Waals surface area contributed by atoms with Crippen molar-refractivity contribution in [2.45, 2.75) is 18.9 Å². The molecular formula is C9H12N2O4. The number of carbonyl (C=O) groups excluding carboxylic acids is 2. The third-order valence-electron chi connectivity index (χ3n) is 2.10. The van der Waals surface area contributed by atoms with E-state index in [9.17, 15) is 14.4 Å². The van der Waals surface area contributed by atoms with E-state index in [1.165, 1.54) is 0 Å². The van der Waals surface area contributed by atoms with Gasteiger partial charge in [-0.1, -0.05) is 6.58 Å². The van der Waals surface area contributed by atoms with Crippen LogP contribution in [-0.4, -0.2) is 35.5 Å². The van der Waals surface area contributed by atoms with Crippen molar-refractivity contribution in [1.29, 1.82) is 0 Å². The number of carbonyl (C=O) groups is 3. The summed E-state index contributed by atoms with van der Waals surface area (Å²) in [5, 5.41) is 13.4. The number of imide groups is 1. The molecule has 0 aliphatic carbocycles. The monoisotopic (exact) mass is 212 g/mol. The van der Waals surface area contributed by atoms with Gasteiger partial charge in [-0.25, -0.2) is 4.79 Å².